The summed E-state index contributed by atoms with van der Waals surface area (Å²) in [7, 11) is 0. The van der Waals surface area contributed by atoms with Crippen LogP contribution in [0.3, 0.4) is 0 Å². The van der Waals surface area contributed by atoms with Gasteiger partial charge in [0.15, 0.2) is 0 Å². The molecule has 114 valence electrons. The number of benzene rings is 1. The number of piperidine rings is 1. The molecule has 1 aliphatic rings. The molecule has 0 unspecified atom stereocenters. The first-order chi connectivity index (χ1) is 9.90. The Bertz CT molecular complexity index is 549. The van der Waals surface area contributed by atoms with E-state index in [1.807, 2.05) is 13.8 Å². The Morgan fingerprint density at radius 1 is 1.24 bits per heavy atom. The fourth-order valence-corrected chi connectivity index (χ4v) is 2.77. The maximum Gasteiger partial charge on any atom is 0.335 e. The molecule has 1 aromatic rings. The number of amides is 2. The Balaban J connectivity index is 2.14. The van der Waals surface area contributed by atoms with Gasteiger partial charge in [-0.05, 0) is 51.3 Å². The quantitative estimate of drug-likeness (QED) is 0.731. The number of urea groups is 1. The van der Waals surface area contributed by atoms with Gasteiger partial charge in [0.25, 0.3) is 0 Å². The fraction of sp³-hybridized carbons (Fsp3) is 0.467. The standard InChI is InChI=1S/C15H20N2O4/c1-9-4-3-5-10(2)17(9)15(21)16-12-7-6-11(14(19)20)8-13(12)18/h6-10,18H,3-5H2,1-2H3,(H,16,21)(H,19,20)/t9-,10+. The molecule has 0 aromatic heterocycles. The molecular formula is C15H20N2O4. The zero-order valence-corrected chi connectivity index (χ0v) is 12.2. The molecule has 2 rings (SSSR count). The lowest BCUT2D eigenvalue weighted by atomic mass is 9.98. The van der Waals surface area contributed by atoms with Crippen LogP contribution in [0.15, 0.2) is 18.2 Å². The summed E-state index contributed by atoms with van der Waals surface area (Å²) in [5.41, 5.74) is 0.195. The summed E-state index contributed by atoms with van der Waals surface area (Å²) in [6.07, 6.45) is 3.02. The average Bonchev–Trinajstić information content (AvgIpc) is 2.40. The van der Waals surface area contributed by atoms with E-state index in [0.717, 1.165) is 25.3 Å². The van der Waals surface area contributed by atoms with Gasteiger partial charge in [-0.25, -0.2) is 9.59 Å². The monoisotopic (exact) mass is 292 g/mol. The van der Waals surface area contributed by atoms with Gasteiger partial charge in [0.05, 0.1) is 11.3 Å². The van der Waals surface area contributed by atoms with Crippen molar-refractivity contribution in [2.75, 3.05) is 5.32 Å². The van der Waals surface area contributed by atoms with Gasteiger partial charge in [-0.2, -0.15) is 0 Å². The summed E-state index contributed by atoms with van der Waals surface area (Å²) >= 11 is 0. The number of carboxylic acid groups (broad SMARTS) is 1. The van der Waals surface area contributed by atoms with Crippen molar-refractivity contribution in [2.24, 2.45) is 0 Å². The molecule has 2 amide bonds. The number of hydrogen-bond donors (Lipinski definition) is 3. The maximum absolute atomic E-state index is 12.3. The lowest BCUT2D eigenvalue weighted by Crippen LogP contribution is -2.49. The predicted octanol–water partition coefficient (Wildman–Crippen LogP) is 2.89. The third-order valence-corrected chi connectivity index (χ3v) is 3.91. The van der Waals surface area contributed by atoms with Gasteiger partial charge >= 0.3 is 12.0 Å². The Hall–Kier alpha value is -2.24. The second-order valence-corrected chi connectivity index (χ2v) is 5.50. The number of likely N-dealkylation sites (tertiary alicyclic amines) is 1. The number of aromatic hydroxyl groups is 1. The van der Waals surface area contributed by atoms with E-state index in [1.165, 1.54) is 12.1 Å². The highest BCUT2D eigenvalue weighted by Crippen LogP contribution is 2.27. The van der Waals surface area contributed by atoms with Crippen LogP contribution in [-0.2, 0) is 0 Å². The van der Waals surface area contributed by atoms with E-state index in [0.29, 0.717) is 0 Å². The average molecular weight is 292 g/mol. The predicted molar refractivity (Wildman–Crippen MR) is 78.7 cm³/mol. The molecule has 0 spiro atoms. The van der Waals surface area contributed by atoms with Crippen LogP contribution in [0.4, 0.5) is 10.5 Å². The molecule has 6 heteroatoms. The molecule has 2 atom stereocenters. The largest absolute Gasteiger partial charge is 0.506 e. The van der Waals surface area contributed by atoms with Crippen LogP contribution >= 0.6 is 0 Å². The molecule has 0 radical (unpaired) electrons. The molecule has 6 nitrogen and oxygen atoms in total. The third-order valence-electron chi connectivity index (χ3n) is 3.91. The molecule has 0 saturated carbocycles. The normalized spacial score (nSPS) is 21.9. The summed E-state index contributed by atoms with van der Waals surface area (Å²) in [4.78, 5) is 24.9. The van der Waals surface area contributed by atoms with E-state index in [2.05, 4.69) is 5.32 Å². The highest BCUT2D eigenvalue weighted by atomic mass is 16.4. The van der Waals surface area contributed by atoms with E-state index >= 15 is 0 Å². The lowest BCUT2D eigenvalue weighted by molar-refractivity contribution is 0.0696. The molecule has 1 fully saturated rings. The summed E-state index contributed by atoms with van der Waals surface area (Å²) in [6, 6.07) is 3.90. The molecule has 1 aliphatic heterocycles. The molecule has 3 N–H and O–H groups in total. The first-order valence-electron chi connectivity index (χ1n) is 7.05. The van der Waals surface area contributed by atoms with Crippen molar-refractivity contribution in [1.29, 1.82) is 0 Å². The van der Waals surface area contributed by atoms with E-state index < -0.39 is 5.97 Å². The van der Waals surface area contributed by atoms with Crippen molar-refractivity contribution in [3.8, 4) is 5.75 Å². The fourth-order valence-electron chi connectivity index (χ4n) is 2.77. The number of rotatable bonds is 2. The molecule has 0 bridgehead atoms. The maximum atomic E-state index is 12.3. The summed E-state index contributed by atoms with van der Waals surface area (Å²) in [6.45, 7) is 4.01. The van der Waals surface area contributed by atoms with Crippen molar-refractivity contribution in [2.45, 2.75) is 45.2 Å². The van der Waals surface area contributed by atoms with E-state index in [9.17, 15) is 14.7 Å². The number of nitrogens with one attached hydrogen (secondary N) is 1. The molecule has 1 saturated heterocycles. The first kappa shape index (κ1) is 15.2. The third kappa shape index (κ3) is 3.26. The van der Waals surface area contributed by atoms with Crippen LogP contribution in [0.2, 0.25) is 0 Å². The van der Waals surface area contributed by atoms with Gasteiger partial charge in [-0.3, -0.25) is 0 Å². The van der Waals surface area contributed by atoms with Crippen molar-refractivity contribution in [1.82, 2.24) is 4.90 Å². The van der Waals surface area contributed by atoms with Crippen molar-refractivity contribution < 1.29 is 19.8 Å². The Kier molecular flexibility index (Phi) is 4.35. The van der Waals surface area contributed by atoms with Crippen molar-refractivity contribution in [3.05, 3.63) is 23.8 Å². The summed E-state index contributed by atoms with van der Waals surface area (Å²) in [5.74, 6) is -1.37. The number of anilines is 1. The Morgan fingerprint density at radius 2 is 1.86 bits per heavy atom. The number of carboxylic acids is 1. The lowest BCUT2D eigenvalue weighted by Gasteiger charge is -2.38. The zero-order valence-electron chi connectivity index (χ0n) is 12.2. The second kappa shape index (κ2) is 6.03. The Morgan fingerprint density at radius 3 is 2.38 bits per heavy atom. The van der Waals surface area contributed by atoms with Crippen molar-refractivity contribution >= 4 is 17.7 Å². The number of hydrogen-bond acceptors (Lipinski definition) is 3. The van der Waals surface area contributed by atoms with E-state index in [4.69, 9.17) is 5.11 Å². The van der Waals surface area contributed by atoms with Gasteiger partial charge in [-0.15, -0.1) is 0 Å². The first-order valence-corrected chi connectivity index (χ1v) is 7.05. The molecular weight excluding hydrogens is 272 g/mol. The smallest absolute Gasteiger partial charge is 0.335 e. The highest BCUT2D eigenvalue weighted by Gasteiger charge is 2.29. The van der Waals surface area contributed by atoms with Gasteiger partial charge in [-0.1, -0.05) is 0 Å². The van der Waals surface area contributed by atoms with Gasteiger partial charge in [0, 0.05) is 12.1 Å². The summed E-state index contributed by atoms with van der Waals surface area (Å²) < 4.78 is 0. The molecule has 0 aliphatic carbocycles. The zero-order chi connectivity index (χ0) is 15.6. The number of aromatic carboxylic acids is 1. The van der Waals surface area contributed by atoms with Crippen LogP contribution in [0, 0.1) is 0 Å². The number of nitrogens with zero attached hydrogens (tertiary/aromatic N) is 1. The number of phenolic OH excluding ortho intramolecular Hbond substituents is 1. The van der Waals surface area contributed by atoms with Crippen LogP contribution in [0.1, 0.15) is 43.5 Å². The minimum atomic E-state index is -1.12. The van der Waals surface area contributed by atoms with Gasteiger partial charge in [0.1, 0.15) is 5.75 Å². The number of carbonyl (C=O) groups excluding carboxylic acids is 1. The van der Waals surface area contributed by atoms with Gasteiger partial charge < -0.3 is 20.4 Å². The van der Waals surface area contributed by atoms with E-state index in [-0.39, 0.29) is 35.1 Å². The van der Waals surface area contributed by atoms with Gasteiger partial charge in [0.2, 0.25) is 0 Å². The number of phenols is 1. The molecule has 1 aromatic carbocycles. The molecule has 21 heavy (non-hydrogen) atoms. The minimum Gasteiger partial charge on any atom is -0.506 e. The number of carbonyl (C=O) groups is 2. The second-order valence-electron chi connectivity index (χ2n) is 5.50. The van der Waals surface area contributed by atoms with Crippen LogP contribution in [0.25, 0.3) is 0 Å². The SMILES string of the molecule is C[C@@H]1CCC[C@H](C)N1C(=O)Nc1ccc(C(=O)O)cc1O. The minimum absolute atomic E-state index is 0.0230. The summed E-state index contributed by atoms with van der Waals surface area (Å²) in [5, 5.41) is 21.3. The van der Waals surface area contributed by atoms with Crippen LogP contribution in [-0.4, -0.2) is 39.2 Å². The van der Waals surface area contributed by atoms with Crippen molar-refractivity contribution in [3.63, 3.8) is 0 Å². The van der Waals surface area contributed by atoms with Crippen LogP contribution in [0.5, 0.6) is 5.75 Å². The Labute approximate surface area is 123 Å². The topological polar surface area (TPSA) is 89.9 Å². The highest BCUT2D eigenvalue weighted by molar-refractivity contribution is 5.93. The van der Waals surface area contributed by atoms with Crippen LogP contribution < -0.4 is 5.32 Å². The van der Waals surface area contributed by atoms with E-state index in [1.54, 1.807) is 4.90 Å². The molecule has 1 heterocycles.